The Morgan fingerprint density at radius 3 is 2.72 bits per heavy atom. The molecule has 0 saturated carbocycles. The zero-order valence-corrected chi connectivity index (χ0v) is 11.4. The van der Waals surface area contributed by atoms with Crippen LogP contribution in [0.2, 0.25) is 0 Å². The molecule has 0 saturated heterocycles. The Morgan fingerprint density at radius 1 is 1.39 bits per heavy atom. The first kappa shape index (κ1) is 13.5. The van der Waals surface area contributed by atoms with Gasteiger partial charge in [0, 0.05) is 29.1 Å². The predicted molar refractivity (Wildman–Crippen MR) is 67.4 cm³/mol. The van der Waals surface area contributed by atoms with Crippen molar-refractivity contribution in [3.05, 3.63) is 33.8 Å². The zero-order chi connectivity index (χ0) is 13.3. The fraction of sp³-hybridized carbons (Fsp3) is 0.417. The maximum atomic E-state index is 10.7. The number of ether oxygens (including phenoxy) is 1. The molecule has 2 N–H and O–H groups in total. The van der Waals surface area contributed by atoms with Crippen LogP contribution >= 0.6 is 15.9 Å². The molecule has 2 unspecified atom stereocenters. The predicted octanol–water partition coefficient (Wildman–Crippen LogP) is 1.31. The van der Waals surface area contributed by atoms with Gasteiger partial charge in [-0.15, -0.1) is 0 Å². The van der Waals surface area contributed by atoms with Crippen LogP contribution in [0, 0.1) is 0 Å². The number of carbonyl (C=O) groups is 1. The summed E-state index contributed by atoms with van der Waals surface area (Å²) < 4.78 is 5.65. The van der Waals surface area contributed by atoms with E-state index in [1.807, 2.05) is 6.07 Å². The summed E-state index contributed by atoms with van der Waals surface area (Å²) in [4.78, 5) is 12.1. The third kappa shape index (κ3) is 2.56. The van der Waals surface area contributed by atoms with Crippen molar-refractivity contribution < 1.29 is 19.7 Å². The van der Waals surface area contributed by atoms with Crippen LogP contribution in [0.5, 0.6) is 0 Å². The summed E-state index contributed by atoms with van der Waals surface area (Å²) in [5, 5.41) is 20.2. The van der Waals surface area contributed by atoms with E-state index in [0.29, 0.717) is 11.1 Å². The molecule has 0 fully saturated rings. The second-order valence-electron chi connectivity index (χ2n) is 4.10. The van der Waals surface area contributed by atoms with Gasteiger partial charge in [-0.1, -0.05) is 22.0 Å². The molecule has 1 heterocycles. The molecule has 0 aromatic heterocycles. The van der Waals surface area contributed by atoms with Crippen molar-refractivity contribution in [3.63, 3.8) is 0 Å². The van der Waals surface area contributed by atoms with Crippen LogP contribution in [0.15, 0.2) is 22.7 Å². The third-order valence-electron chi connectivity index (χ3n) is 2.89. The average Bonchev–Trinajstić information content (AvgIpc) is 2.53. The van der Waals surface area contributed by atoms with Crippen LogP contribution in [0.1, 0.15) is 30.5 Å². The van der Waals surface area contributed by atoms with E-state index in [1.54, 1.807) is 12.1 Å². The highest BCUT2D eigenvalue weighted by Gasteiger charge is 2.36. The molecule has 1 aromatic rings. The van der Waals surface area contributed by atoms with E-state index in [-0.39, 0.29) is 19.1 Å². The van der Waals surface area contributed by atoms with E-state index >= 15 is 0 Å². The highest BCUT2D eigenvalue weighted by molar-refractivity contribution is 9.10. The molecule has 0 amide bonds. The topological polar surface area (TPSA) is 70.0 Å². The minimum absolute atomic E-state index is 0.138. The fourth-order valence-electron chi connectivity index (χ4n) is 2.03. The normalized spacial score (nSPS) is 22.9. The van der Waals surface area contributed by atoms with E-state index in [2.05, 4.69) is 15.9 Å². The Labute approximate surface area is 113 Å². The van der Waals surface area contributed by atoms with E-state index in [9.17, 15) is 15.0 Å². The molecule has 1 aliphatic heterocycles. The van der Waals surface area contributed by atoms with Crippen LogP contribution < -0.4 is 0 Å². The van der Waals surface area contributed by atoms with Gasteiger partial charge in [-0.25, -0.2) is 4.90 Å². The molecule has 0 aliphatic carbocycles. The van der Waals surface area contributed by atoms with Gasteiger partial charge in [0.15, 0.2) is 0 Å². The second-order valence-corrected chi connectivity index (χ2v) is 5.01. The Hall–Kier alpha value is -0.950. The lowest BCUT2D eigenvalue weighted by Gasteiger charge is -2.23. The van der Waals surface area contributed by atoms with Gasteiger partial charge in [-0.2, -0.15) is 0 Å². The molecule has 1 aliphatic rings. The number of halogens is 1. The largest absolute Gasteiger partial charge is 0.465 e. The molecule has 5 nitrogen and oxygen atoms in total. The molecule has 6 heteroatoms. The number of rotatable bonds is 3. The molecule has 0 spiro atoms. The number of benzene rings is 1. The molecule has 0 bridgehead atoms. The van der Waals surface area contributed by atoms with Crippen molar-refractivity contribution in [3.8, 4) is 0 Å². The first-order valence-corrected chi connectivity index (χ1v) is 6.34. The summed E-state index contributed by atoms with van der Waals surface area (Å²) in [5.74, 6) is -0.376. The SMILES string of the molecule is CC(=O)OCCN1C(O)c2ccc(Br)cc2C1O. The van der Waals surface area contributed by atoms with Crippen LogP contribution in [-0.2, 0) is 9.53 Å². The second kappa shape index (κ2) is 5.36. The summed E-state index contributed by atoms with van der Waals surface area (Å²) in [6.45, 7) is 1.73. The van der Waals surface area contributed by atoms with Crippen LogP contribution in [0.3, 0.4) is 0 Å². The van der Waals surface area contributed by atoms with Crippen molar-refractivity contribution in [2.45, 2.75) is 19.4 Å². The summed E-state index contributed by atoms with van der Waals surface area (Å²) in [5.41, 5.74) is 1.34. The average molecular weight is 316 g/mol. The van der Waals surface area contributed by atoms with Crippen molar-refractivity contribution in [2.75, 3.05) is 13.2 Å². The Bertz CT molecular complexity index is 465. The maximum absolute atomic E-state index is 10.7. The van der Waals surface area contributed by atoms with Gasteiger partial charge in [0.2, 0.25) is 0 Å². The number of nitrogens with zero attached hydrogens (tertiary/aromatic N) is 1. The molecule has 1 aromatic carbocycles. The minimum Gasteiger partial charge on any atom is -0.465 e. The van der Waals surface area contributed by atoms with Crippen LogP contribution in [0.4, 0.5) is 0 Å². The number of hydrogen-bond acceptors (Lipinski definition) is 5. The standard InChI is InChI=1S/C12H14BrNO4/c1-7(15)18-5-4-14-11(16)9-3-2-8(13)6-10(9)12(14)17/h2-3,6,11-12,16-17H,4-5H2,1H3. The Balaban J connectivity index is 2.10. The first-order chi connectivity index (χ1) is 8.50. The molecular formula is C12H14BrNO4. The lowest BCUT2D eigenvalue weighted by molar-refractivity contribution is -0.145. The van der Waals surface area contributed by atoms with Gasteiger partial charge < -0.3 is 14.9 Å². The van der Waals surface area contributed by atoms with E-state index in [4.69, 9.17) is 4.74 Å². The van der Waals surface area contributed by atoms with Gasteiger partial charge in [0.1, 0.15) is 19.1 Å². The molecule has 0 radical (unpaired) electrons. The van der Waals surface area contributed by atoms with Gasteiger partial charge >= 0.3 is 5.97 Å². The maximum Gasteiger partial charge on any atom is 0.302 e. The van der Waals surface area contributed by atoms with Crippen molar-refractivity contribution >= 4 is 21.9 Å². The number of fused-ring (bicyclic) bond motifs is 1. The Morgan fingerprint density at radius 2 is 2.06 bits per heavy atom. The highest BCUT2D eigenvalue weighted by Crippen LogP contribution is 2.39. The quantitative estimate of drug-likeness (QED) is 0.823. The molecule has 2 atom stereocenters. The molecule has 98 valence electrons. The first-order valence-electron chi connectivity index (χ1n) is 5.55. The zero-order valence-electron chi connectivity index (χ0n) is 9.84. The summed E-state index contributed by atoms with van der Waals surface area (Å²) >= 11 is 3.32. The fourth-order valence-corrected chi connectivity index (χ4v) is 2.41. The summed E-state index contributed by atoms with van der Waals surface area (Å²) in [6, 6.07) is 5.35. The summed E-state index contributed by atoms with van der Waals surface area (Å²) in [7, 11) is 0. The van der Waals surface area contributed by atoms with Gasteiger partial charge in [0.05, 0.1) is 0 Å². The van der Waals surface area contributed by atoms with E-state index < -0.39 is 12.5 Å². The third-order valence-corrected chi connectivity index (χ3v) is 3.38. The van der Waals surface area contributed by atoms with E-state index in [0.717, 1.165) is 4.47 Å². The molecule has 2 rings (SSSR count). The summed E-state index contributed by atoms with van der Waals surface area (Å²) in [6.07, 6.45) is -1.76. The smallest absolute Gasteiger partial charge is 0.302 e. The molecule has 18 heavy (non-hydrogen) atoms. The lowest BCUT2D eigenvalue weighted by Crippen LogP contribution is -2.30. The van der Waals surface area contributed by atoms with Crippen LogP contribution in [0.25, 0.3) is 0 Å². The highest BCUT2D eigenvalue weighted by atomic mass is 79.9. The lowest BCUT2D eigenvalue weighted by atomic mass is 10.1. The van der Waals surface area contributed by atoms with Crippen LogP contribution in [-0.4, -0.2) is 34.2 Å². The van der Waals surface area contributed by atoms with Gasteiger partial charge in [0.25, 0.3) is 0 Å². The van der Waals surface area contributed by atoms with Gasteiger partial charge in [-0.3, -0.25) is 4.79 Å². The van der Waals surface area contributed by atoms with E-state index in [1.165, 1.54) is 11.8 Å². The van der Waals surface area contributed by atoms with Gasteiger partial charge in [-0.05, 0) is 12.1 Å². The van der Waals surface area contributed by atoms with Crippen molar-refractivity contribution in [1.82, 2.24) is 4.90 Å². The number of hydrogen-bond donors (Lipinski definition) is 2. The van der Waals surface area contributed by atoms with Crippen molar-refractivity contribution in [1.29, 1.82) is 0 Å². The number of aliphatic hydroxyl groups excluding tert-OH is 2. The molecular weight excluding hydrogens is 302 g/mol. The number of carbonyl (C=O) groups excluding carboxylic acids is 1. The van der Waals surface area contributed by atoms with Crippen molar-refractivity contribution in [2.24, 2.45) is 0 Å². The Kier molecular flexibility index (Phi) is 4.01. The number of aliphatic hydroxyl groups is 2. The monoisotopic (exact) mass is 315 g/mol. The number of esters is 1. The minimum atomic E-state index is -0.886.